The molecular formula is C23H25ClN3O2+. The van der Waals surface area contributed by atoms with Crippen molar-refractivity contribution in [2.24, 2.45) is 0 Å². The van der Waals surface area contributed by atoms with E-state index in [0.717, 1.165) is 42.6 Å². The van der Waals surface area contributed by atoms with Crippen LogP contribution in [0.1, 0.15) is 10.4 Å². The van der Waals surface area contributed by atoms with Gasteiger partial charge in [0, 0.05) is 5.69 Å². The molecule has 6 heteroatoms. The number of anilines is 2. The lowest BCUT2D eigenvalue weighted by atomic mass is 10.1. The number of benzene rings is 3. The number of hydrogen-bond acceptors (Lipinski definition) is 3. The number of carbonyl (C=O) groups excluding carboxylic acids is 1. The maximum Gasteiger partial charge on any atom is 0.259 e. The fraction of sp³-hybridized carbons (Fsp3) is 0.261. The maximum absolute atomic E-state index is 12.9. The number of hydrogen-bond donors (Lipinski definition) is 2. The first-order chi connectivity index (χ1) is 14.0. The molecule has 0 radical (unpaired) electrons. The summed E-state index contributed by atoms with van der Waals surface area (Å²) < 4.78 is 5.45. The predicted molar refractivity (Wildman–Crippen MR) is 119 cm³/mol. The Morgan fingerprint density at radius 1 is 1.07 bits per heavy atom. The van der Waals surface area contributed by atoms with Crippen molar-refractivity contribution in [3.8, 4) is 5.75 Å². The van der Waals surface area contributed by atoms with E-state index in [9.17, 15) is 4.79 Å². The number of carbonyl (C=O) groups is 1. The van der Waals surface area contributed by atoms with Crippen LogP contribution < -0.4 is 19.9 Å². The van der Waals surface area contributed by atoms with Crippen LogP contribution in [0.15, 0.2) is 54.6 Å². The van der Waals surface area contributed by atoms with Gasteiger partial charge in [0.15, 0.2) is 0 Å². The first-order valence-electron chi connectivity index (χ1n) is 9.79. The van der Waals surface area contributed by atoms with Gasteiger partial charge in [-0.1, -0.05) is 35.9 Å². The van der Waals surface area contributed by atoms with Crippen LogP contribution in [-0.4, -0.2) is 46.2 Å². The fourth-order valence-electron chi connectivity index (χ4n) is 3.73. The van der Waals surface area contributed by atoms with Crippen LogP contribution in [0, 0.1) is 0 Å². The Morgan fingerprint density at radius 3 is 2.41 bits per heavy atom. The second-order valence-electron chi connectivity index (χ2n) is 7.46. The van der Waals surface area contributed by atoms with Crippen LogP contribution in [0.5, 0.6) is 5.75 Å². The quantitative estimate of drug-likeness (QED) is 0.694. The van der Waals surface area contributed by atoms with Gasteiger partial charge in [0.1, 0.15) is 5.75 Å². The Morgan fingerprint density at radius 2 is 1.76 bits per heavy atom. The zero-order chi connectivity index (χ0) is 20.4. The monoisotopic (exact) mass is 410 g/mol. The van der Waals surface area contributed by atoms with E-state index in [-0.39, 0.29) is 5.91 Å². The van der Waals surface area contributed by atoms with Gasteiger partial charge in [-0.05, 0) is 41.1 Å². The summed E-state index contributed by atoms with van der Waals surface area (Å²) in [7, 11) is 3.78. The van der Waals surface area contributed by atoms with Crippen molar-refractivity contribution in [3.05, 3.63) is 65.2 Å². The lowest BCUT2D eigenvalue weighted by Gasteiger charge is -2.32. The summed E-state index contributed by atoms with van der Waals surface area (Å²) in [5, 5.41) is 5.62. The van der Waals surface area contributed by atoms with Gasteiger partial charge in [-0.15, -0.1) is 0 Å². The second-order valence-corrected chi connectivity index (χ2v) is 7.87. The van der Waals surface area contributed by atoms with Crippen LogP contribution in [0.25, 0.3) is 10.8 Å². The summed E-state index contributed by atoms with van der Waals surface area (Å²) in [4.78, 5) is 16.8. The van der Waals surface area contributed by atoms with Crippen LogP contribution in [0.4, 0.5) is 11.4 Å². The minimum Gasteiger partial charge on any atom is -0.496 e. The Hall–Kier alpha value is -2.76. The molecule has 1 aliphatic rings. The van der Waals surface area contributed by atoms with Crippen LogP contribution >= 0.6 is 11.6 Å². The van der Waals surface area contributed by atoms with Crippen LogP contribution in [0.2, 0.25) is 5.02 Å². The zero-order valence-corrected chi connectivity index (χ0v) is 17.4. The number of halogens is 1. The number of nitrogens with zero attached hydrogens (tertiary/aromatic N) is 1. The topological polar surface area (TPSA) is 46.0 Å². The Bertz CT molecular complexity index is 1050. The van der Waals surface area contributed by atoms with E-state index in [2.05, 4.69) is 17.3 Å². The van der Waals surface area contributed by atoms with Crippen molar-refractivity contribution >= 4 is 39.7 Å². The zero-order valence-electron chi connectivity index (χ0n) is 16.7. The van der Waals surface area contributed by atoms with E-state index in [0.29, 0.717) is 22.0 Å². The number of piperazine rings is 1. The number of fused-ring (bicyclic) bond motifs is 1. The van der Waals surface area contributed by atoms with Gasteiger partial charge in [-0.2, -0.15) is 0 Å². The summed E-state index contributed by atoms with van der Waals surface area (Å²) in [6, 6.07) is 17.3. The molecule has 1 amide bonds. The number of ether oxygens (including phenoxy) is 1. The average molecular weight is 411 g/mol. The Kier molecular flexibility index (Phi) is 5.60. The number of amides is 1. The minimum atomic E-state index is -0.223. The molecule has 1 heterocycles. The largest absolute Gasteiger partial charge is 0.496 e. The molecule has 0 bridgehead atoms. The molecule has 5 nitrogen and oxygen atoms in total. The maximum atomic E-state index is 12.9. The number of quaternary nitrogens is 1. The van der Waals surface area contributed by atoms with Crippen molar-refractivity contribution in [3.63, 3.8) is 0 Å². The number of likely N-dealkylation sites (N-methyl/N-ethyl adjacent to an activating group) is 1. The fourth-order valence-corrected chi connectivity index (χ4v) is 4.03. The smallest absolute Gasteiger partial charge is 0.259 e. The lowest BCUT2D eigenvalue weighted by molar-refractivity contribution is -0.880. The second kappa shape index (κ2) is 8.31. The number of nitrogens with one attached hydrogen (secondary N) is 2. The van der Waals surface area contributed by atoms with Gasteiger partial charge in [0.05, 0.1) is 56.6 Å². The first kappa shape index (κ1) is 19.6. The lowest BCUT2D eigenvalue weighted by Crippen LogP contribution is -3.12. The van der Waals surface area contributed by atoms with E-state index < -0.39 is 0 Å². The van der Waals surface area contributed by atoms with Gasteiger partial charge >= 0.3 is 0 Å². The van der Waals surface area contributed by atoms with Gasteiger partial charge in [0.2, 0.25) is 0 Å². The van der Waals surface area contributed by atoms with E-state index in [1.807, 2.05) is 54.6 Å². The first-order valence-corrected chi connectivity index (χ1v) is 10.2. The SMILES string of the molecule is COc1cc2ccccc2cc1C(=O)Nc1ccc(N2CC[NH+](C)CC2)c(Cl)c1. The molecule has 0 atom stereocenters. The summed E-state index contributed by atoms with van der Waals surface area (Å²) in [6.45, 7) is 4.14. The summed E-state index contributed by atoms with van der Waals surface area (Å²) in [6.07, 6.45) is 0. The van der Waals surface area contributed by atoms with Crippen molar-refractivity contribution in [1.29, 1.82) is 0 Å². The third-order valence-corrected chi connectivity index (χ3v) is 5.78. The molecule has 150 valence electrons. The van der Waals surface area contributed by atoms with E-state index in [1.165, 1.54) is 4.90 Å². The van der Waals surface area contributed by atoms with Crippen molar-refractivity contribution in [2.75, 3.05) is 50.6 Å². The Balaban J connectivity index is 1.55. The summed E-state index contributed by atoms with van der Waals surface area (Å²) in [5.74, 6) is 0.323. The molecule has 29 heavy (non-hydrogen) atoms. The van der Waals surface area contributed by atoms with Crippen molar-refractivity contribution < 1.29 is 14.4 Å². The average Bonchev–Trinajstić information content (AvgIpc) is 2.73. The molecule has 3 aromatic rings. The van der Waals surface area contributed by atoms with Crippen molar-refractivity contribution in [1.82, 2.24) is 0 Å². The highest BCUT2D eigenvalue weighted by atomic mass is 35.5. The van der Waals surface area contributed by atoms with Gasteiger partial charge in [-0.25, -0.2) is 0 Å². The molecule has 1 aliphatic heterocycles. The molecule has 0 aliphatic carbocycles. The highest BCUT2D eigenvalue weighted by Crippen LogP contribution is 2.30. The molecule has 0 aromatic heterocycles. The third kappa shape index (κ3) is 4.16. The highest BCUT2D eigenvalue weighted by molar-refractivity contribution is 6.33. The molecule has 3 aromatic carbocycles. The molecule has 4 rings (SSSR count). The van der Waals surface area contributed by atoms with Crippen molar-refractivity contribution in [2.45, 2.75) is 0 Å². The van der Waals surface area contributed by atoms with E-state index in [4.69, 9.17) is 16.3 Å². The molecule has 2 N–H and O–H groups in total. The molecule has 0 unspecified atom stereocenters. The Labute approximate surface area is 175 Å². The number of rotatable bonds is 4. The van der Waals surface area contributed by atoms with Crippen LogP contribution in [-0.2, 0) is 0 Å². The predicted octanol–water partition coefficient (Wildman–Crippen LogP) is 3.09. The highest BCUT2D eigenvalue weighted by Gasteiger charge is 2.20. The van der Waals surface area contributed by atoms with Gasteiger partial charge in [-0.3, -0.25) is 4.79 Å². The molecule has 0 spiro atoms. The normalized spacial score (nSPS) is 14.8. The molecule has 1 saturated heterocycles. The van der Waals surface area contributed by atoms with E-state index in [1.54, 1.807) is 7.11 Å². The van der Waals surface area contributed by atoms with Gasteiger partial charge < -0.3 is 19.9 Å². The van der Waals surface area contributed by atoms with Crippen LogP contribution in [0.3, 0.4) is 0 Å². The van der Waals surface area contributed by atoms with E-state index >= 15 is 0 Å². The van der Waals surface area contributed by atoms with Gasteiger partial charge in [0.25, 0.3) is 5.91 Å². The molecule has 1 fully saturated rings. The summed E-state index contributed by atoms with van der Waals surface area (Å²) in [5.41, 5.74) is 2.17. The summed E-state index contributed by atoms with van der Waals surface area (Å²) >= 11 is 6.54. The third-order valence-electron chi connectivity index (χ3n) is 5.48. The number of methoxy groups -OCH3 is 1. The molecule has 0 saturated carbocycles. The standard InChI is InChI=1S/C23H24ClN3O2/c1-26-9-11-27(12-10-26)21-8-7-18(15-20(21)24)25-23(28)19-13-16-5-3-4-6-17(16)14-22(19)29-2/h3-8,13-15H,9-12H2,1-2H3,(H,25,28)/p+1. The molecular weight excluding hydrogens is 386 g/mol. The minimum absolute atomic E-state index is 0.223.